The minimum atomic E-state index is -4.19. The smallest absolute Gasteiger partial charge is 0.407 e. The van der Waals surface area contributed by atoms with Crippen molar-refractivity contribution in [3.8, 4) is 11.3 Å². The van der Waals surface area contributed by atoms with Crippen LogP contribution in [0.25, 0.3) is 11.3 Å². The van der Waals surface area contributed by atoms with Gasteiger partial charge in [0.25, 0.3) is 10.0 Å². The zero-order valence-electron chi connectivity index (χ0n) is 18.9. The molecule has 2 N–H and O–H groups in total. The quantitative estimate of drug-likeness (QED) is 0.291. The first-order valence-electron chi connectivity index (χ1n) is 10.2. The number of carboxylic acid groups (broad SMARTS) is 1. The maximum Gasteiger partial charge on any atom is 0.407 e. The normalized spacial score (nSPS) is 12.2. The molecule has 0 saturated carbocycles. The Morgan fingerprint density at radius 3 is 2.59 bits per heavy atom. The number of halogens is 1. The van der Waals surface area contributed by atoms with Crippen LogP contribution in [-0.2, 0) is 16.6 Å². The number of amides is 1. The Morgan fingerprint density at radius 2 is 2.00 bits per heavy atom. The van der Waals surface area contributed by atoms with E-state index in [1.165, 1.54) is 59.9 Å². The molecule has 2 heterocycles. The monoisotopic (exact) mass is 488 g/mol. The molecule has 3 rings (SSSR count). The minimum Gasteiger partial charge on any atom is -0.465 e. The van der Waals surface area contributed by atoms with E-state index in [1.807, 2.05) is 20.8 Å². The first kappa shape index (κ1) is 24.9. The lowest BCUT2D eigenvalue weighted by Crippen LogP contribution is -2.36. The summed E-state index contributed by atoms with van der Waals surface area (Å²) in [5.74, 6) is -0.794. The summed E-state index contributed by atoms with van der Waals surface area (Å²) in [5, 5.41) is 21.3. The summed E-state index contributed by atoms with van der Waals surface area (Å²) in [6.45, 7) is 5.76. The Kier molecular flexibility index (Phi) is 7.06. The molecule has 34 heavy (non-hydrogen) atoms. The third-order valence-electron chi connectivity index (χ3n) is 4.84. The molecule has 0 bridgehead atoms. The molecule has 0 aliphatic rings. The maximum atomic E-state index is 15.2. The third kappa shape index (κ3) is 5.42. The molecule has 1 aromatic carbocycles. The van der Waals surface area contributed by atoms with Gasteiger partial charge in [-0.25, -0.2) is 21.6 Å². The van der Waals surface area contributed by atoms with E-state index in [9.17, 15) is 18.3 Å². The van der Waals surface area contributed by atoms with Crippen molar-refractivity contribution in [1.29, 1.82) is 0 Å². The van der Waals surface area contributed by atoms with Gasteiger partial charge in [0.1, 0.15) is 10.7 Å². The second-order valence-corrected chi connectivity index (χ2v) is 10.7. The summed E-state index contributed by atoms with van der Waals surface area (Å²) in [5.41, 5.74) is -0.0995. The zero-order valence-corrected chi connectivity index (χ0v) is 19.7. The molecule has 1 amide bonds. The van der Waals surface area contributed by atoms with Gasteiger partial charge in [-0.05, 0) is 35.2 Å². The van der Waals surface area contributed by atoms with Crippen LogP contribution in [0.4, 0.5) is 9.18 Å². The van der Waals surface area contributed by atoms with Gasteiger partial charge in [0.15, 0.2) is 0 Å². The van der Waals surface area contributed by atoms with Crippen LogP contribution in [0.2, 0.25) is 0 Å². The van der Waals surface area contributed by atoms with Gasteiger partial charge in [-0.15, -0.1) is 0 Å². The van der Waals surface area contributed by atoms with Gasteiger partial charge in [-0.3, -0.25) is 4.98 Å². The SMILES string of the molecule is CC(C)(C)CN(Cc1cc(-c2cccc(C=NO)c2F)n(S(=O)(=O)c2cccnc2)c1)C(=O)O. The number of benzene rings is 1. The Hall–Kier alpha value is -3.73. The molecule has 0 atom stereocenters. The van der Waals surface area contributed by atoms with E-state index >= 15 is 4.39 Å². The fraction of sp³-hybridized carbons (Fsp3) is 0.261. The van der Waals surface area contributed by atoms with E-state index in [0.29, 0.717) is 5.56 Å². The standard InChI is InChI=1S/C23H25FN4O5S/c1-23(2,3)15-27(22(29)30)13-16-10-20(19-8-4-6-17(11-26-31)21(19)24)28(14-16)34(32,33)18-7-5-9-25-12-18/h4-12,14,31H,13,15H2,1-3H3,(H,29,30). The molecular weight excluding hydrogens is 463 g/mol. The average Bonchev–Trinajstić information content (AvgIpc) is 3.19. The van der Waals surface area contributed by atoms with E-state index < -0.39 is 21.9 Å². The summed E-state index contributed by atoms with van der Waals surface area (Å²) < 4.78 is 43.0. The van der Waals surface area contributed by atoms with Gasteiger partial charge in [-0.2, -0.15) is 0 Å². The Balaban J connectivity index is 2.19. The molecule has 0 unspecified atom stereocenters. The second kappa shape index (κ2) is 9.64. The van der Waals surface area contributed by atoms with Gasteiger partial charge in [-0.1, -0.05) is 38.1 Å². The molecule has 0 aliphatic heterocycles. The van der Waals surface area contributed by atoms with Gasteiger partial charge < -0.3 is 15.2 Å². The predicted molar refractivity (Wildman–Crippen MR) is 124 cm³/mol. The maximum absolute atomic E-state index is 15.2. The van der Waals surface area contributed by atoms with Crippen LogP contribution in [0, 0.1) is 11.2 Å². The van der Waals surface area contributed by atoms with Crippen molar-refractivity contribution in [3.05, 3.63) is 71.9 Å². The molecule has 3 aromatic rings. The van der Waals surface area contributed by atoms with Crippen molar-refractivity contribution in [1.82, 2.24) is 13.9 Å². The highest BCUT2D eigenvalue weighted by Crippen LogP contribution is 2.31. The lowest BCUT2D eigenvalue weighted by Gasteiger charge is -2.27. The van der Waals surface area contributed by atoms with Crippen LogP contribution < -0.4 is 0 Å². The predicted octanol–water partition coefficient (Wildman–Crippen LogP) is 4.26. The van der Waals surface area contributed by atoms with Crippen LogP contribution in [0.1, 0.15) is 31.9 Å². The molecule has 11 heteroatoms. The fourth-order valence-electron chi connectivity index (χ4n) is 3.49. The third-order valence-corrected chi connectivity index (χ3v) is 6.50. The Bertz CT molecular complexity index is 1310. The van der Waals surface area contributed by atoms with E-state index in [0.717, 1.165) is 10.2 Å². The molecule has 2 aromatic heterocycles. The zero-order chi connectivity index (χ0) is 25.1. The lowest BCUT2D eigenvalue weighted by atomic mass is 9.96. The number of aromatic nitrogens is 2. The van der Waals surface area contributed by atoms with Crippen LogP contribution >= 0.6 is 0 Å². The first-order chi connectivity index (χ1) is 15.9. The molecule has 180 valence electrons. The van der Waals surface area contributed by atoms with E-state index in [1.54, 1.807) is 0 Å². The average molecular weight is 489 g/mol. The second-order valence-electron chi connectivity index (χ2n) is 8.88. The van der Waals surface area contributed by atoms with Crippen molar-refractivity contribution in [2.24, 2.45) is 10.6 Å². The lowest BCUT2D eigenvalue weighted by molar-refractivity contribution is 0.123. The van der Waals surface area contributed by atoms with E-state index in [4.69, 9.17) is 5.21 Å². The van der Waals surface area contributed by atoms with Crippen molar-refractivity contribution in [2.75, 3.05) is 6.54 Å². The van der Waals surface area contributed by atoms with E-state index in [2.05, 4.69) is 10.1 Å². The van der Waals surface area contributed by atoms with Crippen molar-refractivity contribution in [2.45, 2.75) is 32.2 Å². The summed E-state index contributed by atoms with van der Waals surface area (Å²) >= 11 is 0. The largest absolute Gasteiger partial charge is 0.465 e. The number of oxime groups is 1. The molecule has 0 radical (unpaired) electrons. The van der Waals surface area contributed by atoms with Crippen molar-refractivity contribution in [3.63, 3.8) is 0 Å². The van der Waals surface area contributed by atoms with Crippen molar-refractivity contribution < 1.29 is 27.9 Å². The highest BCUT2D eigenvalue weighted by molar-refractivity contribution is 7.90. The van der Waals surface area contributed by atoms with Crippen LogP contribution in [-0.4, -0.2) is 51.4 Å². The molecule has 0 saturated heterocycles. The van der Waals surface area contributed by atoms with E-state index in [-0.39, 0.29) is 40.2 Å². The van der Waals surface area contributed by atoms with Gasteiger partial charge in [0.2, 0.25) is 0 Å². The van der Waals surface area contributed by atoms with Gasteiger partial charge in [0, 0.05) is 36.3 Å². The topological polar surface area (TPSA) is 125 Å². The molecule has 0 spiro atoms. The highest BCUT2D eigenvalue weighted by Gasteiger charge is 2.26. The highest BCUT2D eigenvalue weighted by atomic mass is 32.2. The number of pyridine rings is 1. The van der Waals surface area contributed by atoms with Gasteiger partial charge in [0.05, 0.1) is 18.5 Å². The van der Waals surface area contributed by atoms with Crippen LogP contribution in [0.15, 0.2) is 65.0 Å². The summed E-state index contributed by atoms with van der Waals surface area (Å²) in [7, 11) is -4.19. The summed E-state index contributed by atoms with van der Waals surface area (Å²) in [4.78, 5) is 16.7. The number of hydrogen-bond donors (Lipinski definition) is 2. The summed E-state index contributed by atoms with van der Waals surface area (Å²) in [6, 6.07) is 8.52. The summed E-state index contributed by atoms with van der Waals surface area (Å²) in [6.07, 6.45) is 3.62. The van der Waals surface area contributed by atoms with Crippen LogP contribution in [0.5, 0.6) is 0 Å². The number of nitrogens with zero attached hydrogens (tertiary/aromatic N) is 4. The molecule has 9 nitrogen and oxygen atoms in total. The van der Waals surface area contributed by atoms with Crippen molar-refractivity contribution >= 4 is 22.3 Å². The molecular formula is C23H25FN4O5S. The molecule has 0 aliphatic carbocycles. The molecule has 0 fully saturated rings. The first-order valence-corrected chi connectivity index (χ1v) is 11.7. The fourth-order valence-corrected chi connectivity index (χ4v) is 4.84. The number of rotatable bonds is 7. The van der Waals surface area contributed by atoms with Gasteiger partial charge >= 0.3 is 6.09 Å². The number of hydrogen-bond acceptors (Lipinski definition) is 6. The van der Waals surface area contributed by atoms with Crippen LogP contribution in [0.3, 0.4) is 0 Å². The number of carbonyl (C=O) groups is 1. The Morgan fingerprint density at radius 1 is 1.26 bits per heavy atom. The Labute approximate surface area is 196 Å². The minimum absolute atomic E-state index is 0.00867.